The number of hydrogen-bond acceptors (Lipinski definition) is 2. The summed E-state index contributed by atoms with van der Waals surface area (Å²) in [6.45, 7) is 2.05. The van der Waals surface area contributed by atoms with Crippen LogP contribution in [0.4, 0.5) is 0 Å². The third kappa shape index (κ3) is 4.88. The van der Waals surface area contributed by atoms with Gasteiger partial charge in [0.2, 0.25) is 0 Å². The second kappa shape index (κ2) is 7.75. The molecule has 0 saturated heterocycles. The highest BCUT2D eigenvalue weighted by atomic mass is 35.5. The molecule has 0 bridgehead atoms. The lowest BCUT2D eigenvalue weighted by atomic mass is 10.2. The molecular weight excluding hydrogens is 317 g/mol. The Morgan fingerprint density at radius 2 is 1.65 bits per heavy atom. The predicted octanol–water partition coefficient (Wildman–Crippen LogP) is 4.82. The molecule has 0 aromatic heterocycles. The molecule has 1 N–H and O–H groups in total. The number of ether oxygens (including phenoxy) is 1. The lowest BCUT2D eigenvalue weighted by Crippen LogP contribution is -2.20. The Kier molecular flexibility index (Phi) is 5.99. The molecule has 5 heteroatoms. The summed E-state index contributed by atoms with van der Waals surface area (Å²) in [6, 6.07) is 12.9. The van der Waals surface area contributed by atoms with Crippen LogP contribution >= 0.6 is 34.8 Å². The van der Waals surface area contributed by atoms with E-state index in [-0.39, 0.29) is 0 Å². The zero-order valence-corrected chi connectivity index (χ0v) is 13.0. The summed E-state index contributed by atoms with van der Waals surface area (Å²) in [4.78, 5) is 0. The van der Waals surface area contributed by atoms with Crippen molar-refractivity contribution in [1.29, 1.82) is 0 Å². The van der Waals surface area contributed by atoms with Crippen molar-refractivity contribution in [2.45, 2.75) is 6.54 Å². The first kappa shape index (κ1) is 15.5. The van der Waals surface area contributed by atoms with Gasteiger partial charge in [-0.15, -0.1) is 0 Å². The zero-order chi connectivity index (χ0) is 14.4. The molecule has 0 fully saturated rings. The van der Waals surface area contributed by atoms with E-state index in [0.29, 0.717) is 21.7 Å². The number of benzene rings is 2. The summed E-state index contributed by atoms with van der Waals surface area (Å²) in [6.07, 6.45) is 0. The highest BCUT2D eigenvalue weighted by Crippen LogP contribution is 2.22. The van der Waals surface area contributed by atoms with Crippen molar-refractivity contribution in [3.8, 4) is 5.75 Å². The molecule has 0 unspecified atom stereocenters. The van der Waals surface area contributed by atoms with Gasteiger partial charge in [0.05, 0.1) is 10.0 Å². The maximum absolute atomic E-state index is 5.95. The van der Waals surface area contributed by atoms with E-state index in [1.54, 1.807) is 18.2 Å². The maximum Gasteiger partial charge on any atom is 0.119 e. The van der Waals surface area contributed by atoms with E-state index in [2.05, 4.69) is 5.32 Å². The number of halogens is 3. The van der Waals surface area contributed by atoms with Crippen molar-refractivity contribution in [2.75, 3.05) is 13.2 Å². The van der Waals surface area contributed by atoms with E-state index in [1.807, 2.05) is 24.3 Å². The van der Waals surface area contributed by atoms with Gasteiger partial charge in [0.1, 0.15) is 12.4 Å². The minimum atomic E-state index is 0.571. The average molecular weight is 331 g/mol. The van der Waals surface area contributed by atoms with E-state index in [1.165, 1.54) is 0 Å². The molecule has 2 rings (SSSR count). The highest BCUT2D eigenvalue weighted by molar-refractivity contribution is 6.42. The van der Waals surface area contributed by atoms with Crippen LogP contribution in [-0.2, 0) is 6.54 Å². The van der Waals surface area contributed by atoms with E-state index in [4.69, 9.17) is 39.5 Å². The molecule has 0 radical (unpaired) electrons. The lowest BCUT2D eigenvalue weighted by Gasteiger charge is -2.08. The van der Waals surface area contributed by atoms with Crippen LogP contribution in [0.5, 0.6) is 5.75 Å². The fourth-order valence-corrected chi connectivity index (χ4v) is 2.10. The van der Waals surface area contributed by atoms with Crippen LogP contribution in [0.25, 0.3) is 0 Å². The molecular formula is C15H14Cl3NO. The van der Waals surface area contributed by atoms with Crippen molar-refractivity contribution in [2.24, 2.45) is 0 Å². The first-order valence-corrected chi connectivity index (χ1v) is 7.31. The quantitative estimate of drug-likeness (QED) is 0.767. The van der Waals surface area contributed by atoms with Crippen molar-refractivity contribution >= 4 is 34.8 Å². The minimum Gasteiger partial charge on any atom is -0.492 e. The van der Waals surface area contributed by atoms with Crippen molar-refractivity contribution in [3.63, 3.8) is 0 Å². The van der Waals surface area contributed by atoms with Crippen LogP contribution in [0.1, 0.15) is 5.56 Å². The lowest BCUT2D eigenvalue weighted by molar-refractivity contribution is 0.313. The SMILES string of the molecule is Clc1ccc(OCCNCc2ccc(Cl)c(Cl)c2)cc1. The van der Waals surface area contributed by atoms with Gasteiger partial charge in [-0.2, -0.15) is 0 Å². The van der Waals surface area contributed by atoms with Gasteiger partial charge >= 0.3 is 0 Å². The Morgan fingerprint density at radius 1 is 0.900 bits per heavy atom. The molecule has 0 aliphatic rings. The Balaban J connectivity index is 1.68. The van der Waals surface area contributed by atoms with Crippen molar-refractivity contribution < 1.29 is 4.74 Å². The second-order valence-corrected chi connectivity index (χ2v) is 5.48. The second-order valence-electron chi connectivity index (χ2n) is 4.23. The van der Waals surface area contributed by atoms with Crippen LogP contribution in [-0.4, -0.2) is 13.2 Å². The zero-order valence-electron chi connectivity index (χ0n) is 10.7. The van der Waals surface area contributed by atoms with Gasteiger partial charge in [0.25, 0.3) is 0 Å². The van der Waals surface area contributed by atoms with Gasteiger partial charge in [0.15, 0.2) is 0 Å². The third-order valence-corrected chi connectivity index (χ3v) is 3.67. The molecule has 0 saturated carbocycles. The van der Waals surface area contributed by atoms with Crippen molar-refractivity contribution in [1.82, 2.24) is 5.32 Å². The Morgan fingerprint density at radius 3 is 2.35 bits per heavy atom. The Bertz CT molecular complexity index is 558. The molecule has 0 atom stereocenters. The standard InChI is InChI=1S/C15H14Cl3NO/c16-12-2-4-13(5-3-12)20-8-7-19-10-11-1-6-14(17)15(18)9-11/h1-6,9,19H,7-8,10H2. The minimum absolute atomic E-state index is 0.571. The molecule has 2 nitrogen and oxygen atoms in total. The average Bonchev–Trinajstić information content (AvgIpc) is 2.44. The summed E-state index contributed by atoms with van der Waals surface area (Å²) in [5, 5.41) is 5.12. The summed E-state index contributed by atoms with van der Waals surface area (Å²) in [5.41, 5.74) is 1.09. The predicted molar refractivity (Wildman–Crippen MR) is 85.1 cm³/mol. The monoisotopic (exact) mass is 329 g/mol. The summed E-state index contributed by atoms with van der Waals surface area (Å²) in [7, 11) is 0. The fourth-order valence-electron chi connectivity index (χ4n) is 1.65. The van der Waals surface area contributed by atoms with Gasteiger partial charge in [-0.3, -0.25) is 0 Å². The molecule has 106 valence electrons. The molecule has 0 aliphatic heterocycles. The number of rotatable bonds is 6. The van der Waals surface area contributed by atoms with Crippen LogP contribution in [0.2, 0.25) is 15.1 Å². The van der Waals surface area contributed by atoms with Gasteiger partial charge in [0, 0.05) is 18.1 Å². The van der Waals surface area contributed by atoms with Gasteiger partial charge in [-0.1, -0.05) is 40.9 Å². The topological polar surface area (TPSA) is 21.3 Å². The smallest absolute Gasteiger partial charge is 0.119 e. The van der Waals surface area contributed by atoms with E-state index in [0.717, 1.165) is 24.4 Å². The third-order valence-electron chi connectivity index (χ3n) is 2.67. The normalized spacial score (nSPS) is 10.6. The summed E-state index contributed by atoms with van der Waals surface area (Å²) < 4.78 is 5.57. The van der Waals surface area contributed by atoms with Crippen LogP contribution < -0.4 is 10.1 Å². The van der Waals surface area contributed by atoms with E-state index in [9.17, 15) is 0 Å². The maximum atomic E-state index is 5.95. The fraction of sp³-hybridized carbons (Fsp3) is 0.200. The number of nitrogens with one attached hydrogen (secondary N) is 1. The van der Waals surface area contributed by atoms with Crippen LogP contribution in [0.3, 0.4) is 0 Å². The Labute approximate surface area is 133 Å². The molecule has 2 aromatic rings. The first-order chi connectivity index (χ1) is 9.65. The molecule has 2 aromatic carbocycles. The van der Waals surface area contributed by atoms with E-state index >= 15 is 0 Å². The van der Waals surface area contributed by atoms with E-state index < -0.39 is 0 Å². The largest absolute Gasteiger partial charge is 0.492 e. The van der Waals surface area contributed by atoms with Gasteiger partial charge < -0.3 is 10.1 Å². The van der Waals surface area contributed by atoms with Gasteiger partial charge in [-0.25, -0.2) is 0 Å². The Hall–Kier alpha value is -0.930. The molecule has 0 aliphatic carbocycles. The van der Waals surface area contributed by atoms with Gasteiger partial charge in [-0.05, 0) is 42.0 Å². The number of hydrogen-bond donors (Lipinski definition) is 1. The molecule has 0 amide bonds. The molecule has 0 heterocycles. The van der Waals surface area contributed by atoms with Crippen LogP contribution in [0, 0.1) is 0 Å². The molecule has 20 heavy (non-hydrogen) atoms. The van der Waals surface area contributed by atoms with Crippen LogP contribution in [0.15, 0.2) is 42.5 Å². The van der Waals surface area contributed by atoms with Crippen molar-refractivity contribution in [3.05, 3.63) is 63.1 Å². The molecule has 0 spiro atoms. The highest BCUT2D eigenvalue weighted by Gasteiger charge is 1.99. The first-order valence-electron chi connectivity index (χ1n) is 6.18. The summed E-state index contributed by atoms with van der Waals surface area (Å²) >= 11 is 17.6. The summed E-state index contributed by atoms with van der Waals surface area (Å²) in [5.74, 6) is 0.811.